The first-order chi connectivity index (χ1) is 7.22. The van der Waals surface area contributed by atoms with Gasteiger partial charge in [0.1, 0.15) is 0 Å². The molecule has 3 nitrogen and oxygen atoms in total. The molecule has 2 rings (SSSR count). The number of carbonyl (C=O) groups excluding carboxylic acids is 1. The number of amides is 1. The number of alkyl halides is 1. The van der Waals surface area contributed by atoms with Crippen LogP contribution in [0.5, 0.6) is 0 Å². The Hall–Kier alpha value is -0.280. The maximum absolute atomic E-state index is 11.5. The first-order valence-electron chi connectivity index (χ1n) is 5.80. The molecule has 0 radical (unpaired) electrons. The van der Waals surface area contributed by atoms with Gasteiger partial charge in [0.25, 0.3) is 0 Å². The Morgan fingerprint density at radius 3 is 3.20 bits per heavy atom. The Balaban J connectivity index is 1.97. The zero-order valence-corrected chi connectivity index (χ0v) is 9.96. The van der Waals surface area contributed by atoms with Gasteiger partial charge in [-0.1, -0.05) is 6.92 Å². The van der Waals surface area contributed by atoms with Crippen LogP contribution in [0.4, 0.5) is 0 Å². The number of hydrogen-bond acceptors (Lipinski definition) is 2. The lowest BCUT2D eigenvalue weighted by molar-refractivity contribution is -0.124. The van der Waals surface area contributed by atoms with Crippen LogP contribution in [0.25, 0.3) is 0 Å². The largest absolute Gasteiger partial charge is 0.354 e. The molecule has 2 saturated heterocycles. The van der Waals surface area contributed by atoms with Crippen LogP contribution in [-0.4, -0.2) is 42.4 Å². The van der Waals surface area contributed by atoms with Gasteiger partial charge in [0.05, 0.1) is 5.92 Å². The lowest BCUT2D eigenvalue weighted by atomic mass is 9.91. The normalized spacial score (nSPS) is 33.6. The van der Waals surface area contributed by atoms with Crippen LogP contribution >= 0.6 is 11.6 Å². The predicted octanol–water partition coefficient (Wildman–Crippen LogP) is 1.07. The quantitative estimate of drug-likeness (QED) is 0.736. The summed E-state index contributed by atoms with van der Waals surface area (Å²) >= 11 is 5.83. The number of piperidine rings is 1. The van der Waals surface area contributed by atoms with Gasteiger partial charge in [0.2, 0.25) is 5.91 Å². The molecule has 0 saturated carbocycles. The maximum atomic E-state index is 11.5. The molecular weight excluding hydrogens is 212 g/mol. The van der Waals surface area contributed by atoms with Crippen LogP contribution in [-0.2, 0) is 4.79 Å². The number of rotatable bonds is 3. The molecule has 15 heavy (non-hydrogen) atoms. The molecule has 2 heterocycles. The fourth-order valence-corrected chi connectivity index (χ4v) is 2.81. The summed E-state index contributed by atoms with van der Waals surface area (Å²) in [5.74, 6) is 1.71. The number of carbonyl (C=O) groups is 1. The number of nitrogens with zero attached hydrogens (tertiary/aromatic N) is 1. The summed E-state index contributed by atoms with van der Waals surface area (Å²) in [5, 5.41) is 2.97. The molecule has 0 aromatic rings. The molecule has 2 aliphatic heterocycles. The van der Waals surface area contributed by atoms with Crippen LogP contribution in [0, 0.1) is 11.8 Å². The Bertz CT molecular complexity index is 247. The van der Waals surface area contributed by atoms with Crippen molar-refractivity contribution in [1.29, 1.82) is 0 Å². The molecule has 0 aromatic heterocycles. The van der Waals surface area contributed by atoms with E-state index < -0.39 is 0 Å². The minimum absolute atomic E-state index is 0.237. The van der Waals surface area contributed by atoms with Crippen molar-refractivity contribution in [3.8, 4) is 0 Å². The summed E-state index contributed by atoms with van der Waals surface area (Å²) in [7, 11) is 0. The Morgan fingerprint density at radius 1 is 1.67 bits per heavy atom. The summed E-state index contributed by atoms with van der Waals surface area (Å²) in [6, 6.07) is 0.428. The molecule has 86 valence electrons. The summed E-state index contributed by atoms with van der Waals surface area (Å²) < 4.78 is 0. The Morgan fingerprint density at radius 2 is 2.47 bits per heavy atom. The number of halogens is 1. The fraction of sp³-hybridized carbons (Fsp3) is 0.909. The second kappa shape index (κ2) is 4.71. The van der Waals surface area contributed by atoms with Crippen LogP contribution in [0.3, 0.4) is 0 Å². The molecule has 0 aliphatic carbocycles. The van der Waals surface area contributed by atoms with E-state index in [-0.39, 0.29) is 11.8 Å². The highest BCUT2D eigenvalue weighted by Crippen LogP contribution is 2.27. The monoisotopic (exact) mass is 230 g/mol. The van der Waals surface area contributed by atoms with E-state index in [4.69, 9.17) is 11.6 Å². The van der Waals surface area contributed by atoms with E-state index in [0.29, 0.717) is 17.8 Å². The molecule has 0 bridgehead atoms. The molecule has 3 unspecified atom stereocenters. The number of likely N-dealkylation sites (tertiary alicyclic amines) is 1. The van der Waals surface area contributed by atoms with Crippen LogP contribution < -0.4 is 5.32 Å². The molecular formula is C11H19ClN2O. The molecule has 1 amide bonds. The summed E-state index contributed by atoms with van der Waals surface area (Å²) in [5.41, 5.74) is 0. The van der Waals surface area contributed by atoms with E-state index in [0.717, 1.165) is 32.5 Å². The second-order valence-electron chi connectivity index (χ2n) is 4.82. The van der Waals surface area contributed by atoms with Gasteiger partial charge in [-0.05, 0) is 25.3 Å². The van der Waals surface area contributed by atoms with Crippen molar-refractivity contribution in [1.82, 2.24) is 10.2 Å². The van der Waals surface area contributed by atoms with Crippen molar-refractivity contribution in [2.24, 2.45) is 11.8 Å². The van der Waals surface area contributed by atoms with Crippen LogP contribution in [0.2, 0.25) is 0 Å². The van der Waals surface area contributed by atoms with E-state index in [9.17, 15) is 4.79 Å². The lowest BCUT2D eigenvalue weighted by Crippen LogP contribution is -2.47. The lowest BCUT2D eigenvalue weighted by Gasteiger charge is -2.37. The van der Waals surface area contributed by atoms with E-state index in [1.165, 1.54) is 0 Å². The minimum Gasteiger partial charge on any atom is -0.354 e. The predicted molar refractivity (Wildman–Crippen MR) is 61.0 cm³/mol. The third kappa shape index (κ3) is 2.28. The van der Waals surface area contributed by atoms with Crippen molar-refractivity contribution in [2.75, 3.05) is 25.5 Å². The molecule has 2 aliphatic rings. The van der Waals surface area contributed by atoms with E-state index in [1.807, 2.05) is 0 Å². The third-order valence-corrected chi connectivity index (χ3v) is 4.05. The van der Waals surface area contributed by atoms with Gasteiger partial charge < -0.3 is 5.32 Å². The van der Waals surface area contributed by atoms with Crippen molar-refractivity contribution in [3.05, 3.63) is 0 Å². The number of fused-ring (bicyclic) bond motifs is 1. The average Bonchev–Trinajstić information content (AvgIpc) is 2.62. The van der Waals surface area contributed by atoms with Gasteiger partial charge in [-0.25, -0.2) is 0 Å². The molecule has 4 heteroatoms. The van der Waals surface area contributed by atoms with Crippen molar-refractivity contribution < 1.29 is 4.79 Å². The van der Waals surface area contributed by atoms with Gasteiger partial charge in [0, 0.05) is 25.0 Å². The fourth-order valence-electron chi connectivity index (χ4n) is 2.72. The highest BCUT2D eigenvalue weighted by atomic mass is 35.5. The van der Waals surface area contributed by atoms with Crippen LogP contribution in [0.1, 0.15) is 19.8 Å². The molecule has 3 atom stereocenters. The number of hydrogen-bond donors (Lipinski definition) is 1. The summed E-state index contributed by atoms with van der Waals surface area (Å²) in [4.78, 5) is 14.0. The van der Waals surface area contributed by atoms with Crippen molar-refractivity contribution in [2.45, 2.75) is 25.8 Å². The summed E-state index contributed by atoms with van der Waals surface area (Å²) in [6.45, 7) is 5.15. The van der Waals surface area contributed by atoms with Crippen LogP contribution in [0.15, 0.2) is 0 Å². The zero-order chi connectivity index (χ0) is 10.8. The standard InChI is InChI=1S/C11H19ClN2O/c1-8(5-12)7-14-4-2-3-9-10(14)6-13-11(9)15/h8-10H,2-7H2,1H3,(H,13,15). The molecule has 0 spiro atoms. The Kier molecular flexibility index (Phi) is 3.52. The van der Waals surface area contributed by atoms with E-state index >= 15 is 0 Å². The Labute approximate surface area is 96.2 Å². The smallest absolute Gasteiger partial charge is 0.224 e. The first kappa shape index (κ1) is 11.2. The van der Waals surface area contributed by atoms with E-state index in [2.05, 4.69) is 17.1 Å². The number of nitrogens with one attached hydrogen (secondary N) is 1. The molecule has 1 N–H and O–H groups in total. The van der Waals surface area contributed by atoms with Crippen molar-refractivity contribution >= 4 is 17.5 Å². The maximum Gasteiger partial charge on any atom is 0.224 e. The molecule has 0 aromatic carbocycles. The van der Waals surface area contributed by atoms with Gasteiger partial charge in [0.15, 0.2) is 0 Å². The second-order valence-corrected chi connectivity index (χ2v) is 5.12. The van der Waals surface area contributed by atoms with Gasteiger partial charge in [-0.15, -0.1) is 11.6 Å². The zero-order valence-electron chi connectivity index (χ0n) is 9.21. The SMILES string of the molecule is CC(CCl)CN1CCCC2C(=O)NCC21. The highest BCUT2D eigenvalue weighted by Gasteiger charge is 2.40. The van der Waals surface area contributed by atoms with Gasteiger partial charge in [-0.3, -0.25) is 9.69 Å². The van der Waals surface area contributed by atoms with Gasteiger partial charge >= 0.3 is 0 Å². The minimum atomic E-state index is 0.237. The average molecular weight is 231 g/mol. The molecule has 2 fully saturated rings. The highest BCUT2D eigenvalue weighted by molar-refractivity contribution is 6.18. The van der Waals surface area contributed by atoms with E-state index in [1.54, 1.807) is 0 Å². The first-order valence-corrected chi connectivity index (χ1v) is 6.33. The topological polar surface area (TPSA) is 32.3 Å². The van der Waals surface area contributed by atoms with Crippen molar-refractivity contribution in [3.63, 3.8) is 0 Å². The van der Waals surface area contributed by atoms with Gasteiger partial charge in [-0.2, -0.15) is 0 Å². The third-order valence-electron chi connectivity index (χ3n) is 3.53. The summed E-state index contributed by atoms with van der Waals surface area (Å²) in [6.07, 6.45) is 2.20.